The van der Waals surface area contributed by atoms with Crippen LogP contribution in [-0.2, 0) is 19.1 Å². The number of aliphatic hydroxyl groups excluding tert-OH is 1. The molecule has 6 aromatic rings. The van der Waals surface area contributed by atoms with Crippen LogP contribution in [0.5, 0.6) is 0 Å². The summed E-state index contributed by atoms with van der Waals surface area (Å²) in [5, 5.41) is 17.7. The number of fused-ring (bicyclic) bond motifs is 6. The minimum atomic E-state index is -0.585. The highest BCUT2D eigenvalue weighted by atomic mass is 16.6. The van der Waals surface area contributed by atoms with Crippen LogP contribution in [0.4, 0.5) is 11.4 Å². The Morgan fingerprint density at radius 3 is 1.26 bits per heavy atom. The molecule has 4 bridgehead atoms. The second-order valence-electron chi connectivity index (χ2n) is 19.3. The molecule has 6 aliphatic heterocycles. The summed E-state index contributed by atoms with van der Waals surface area (Å²) in [7, 11) is 0. The molecule has 6 saturated heterocycles. The van der Waals surface area contributed by atoms with Crippen molar-refractivity contribution in [2.24, 2.45) is 11.8 Å². The zero-order valence-corrected chi connectivity index (χ0v) is 38.7. The summed E-state index contributed by atoms with van der Waals surface area (Å²) in [6, 6.07) is 57.2. The van der Waals surface area contributed by atoms with Gasteiger partial charge < -0.3 is 34.2 Å². The molecule has 0 amide bonds. The quantitative estimate of drug-likeness (QED) is 0.0500. The molecule has 68 heavy (non-hydrogen) atoms. The number of anilines is 2. The van der Waals surface area contributed by atoms with Gasteiger partial charge in [0.2, 0.25) is 5.78 Å². The highest BCUT2D eigenvalue weighted by Crippen LogP contribution is 2.39. The molecule has 350 valence electrons. The number of nitrogens with zero attached hydrogens (tertiary/aromatic N) is 2. The third kappa shape index (κ3) is 11.4. The first-order valence-electron chi connectivity index (χ1n) is 24.4. The van der Waals surface area contributed by atoms with Gasteiger partial charge in [0, 0.05) is 54.5 Å². The van der Waals surface area contributed by atoms with E-state index in [4.69, 9.17) is 9.47 Å². The Hall–Kier alpha value is -6.59. The van der Waals surface area contributed by atoms with E-state index >= 15 is 0 Å². The normalized spacial score (nSPS) is 24.8. The van der Waals surface area contributed by atoms with Crippen molar-refractivity contribution in [1.29, 1.82) is 0 Å². The number of piperidine rings is 6. The molecule has 0 radical (unpaired) electrons. The van der Waals surface area contributed by atoms with Crippen LogP contribution in [0.15, 0.2) is 182 Å². The summed E-state index contributed by atoms with van der Waals surface area (Å²) in [4.78, 5) is 40.0. The molecule has 0 aromatic heterocycles. The number of Topliss-reactive ketones (excluding diaryl/α,β-unsaturated/α-hetero) is 1. The van der Waals surface area contributed by atoms with Crippen molar-refractivity contribution >= 4 is 29.1 Å². The van der Waals surface area contributed by atoms with Gasteiger partial charge in [0.15, 0.2) is 24.3 Å². The molecular weight excluding hydrogens is 849 g/mol. The molecule has 6 aliphatic rings. The van der Waals surface area contributed by atoms with E-state index in [2.05, 4.69) is 10.6 Å². The summed E-state index contributed by atoms with van der Waals surface area (Å²) in [6.45, 7) is 6.63. The fraction of sp³-hybridized carbons (Fsp3) is 0.328. The van der Waals surface area contributed by atoms with E-state index in [-0.39, 0.29) is 29.9 Å². The topological polar surface area (TPSA) is 114 Å². The second kappa shape index (κ2) is 21.6. The lowest BCUT2D eigenvalue weighted by Crippen LogP contribution is -2.65. The molecule has 6 aromatic carbocycles. The largest absolute Gasteiger partial charge is 0.454 e. The van der Waals surface area contributed by atoms with Crippen molar-refractivity contribution in [3.05, 3.63) is 204 Å². The van der Waals surface area contributed by atoms with Gasteiger partial charge in [-0.15, -0.1) is 0 Å². The number of nitrogens with one attached hydrogen (secondary N) is 2. The van der Waals surface area contributed by atoms with Crippen LogP contribution < -0.4 is 10.6 Å². The lowest BCUT2D eigenvalue weighted by molar-refractivity contribution is -0.949. The van der Waals surface area contributed by atoms with E-state index in [1.54, 1.807) is 0 Å². The maximum Gasteiger partial charge on any atom is 0.333 e. The number of carbonyl (C=O) groups excluding carboxylic acids is 3. The molecule has 5 atom stereocenters. The molecule has 3 N–H and O–H groups in total. The number of hydrogen-bond acceptors (Lipinski definition) is 8. The van der Waals surface area contributed by atoms with E-state index in [0.29, 0.717) is 36.0 Å². The Bertz CT molecular complexity index is 2540. The highest BCUT2D eigenvalue weighted by molar-refractivity contribution is 5.97. The van der Waals surface area contributed by atoms with E-state index in [1.807, 2.05) is 182 Å². The van der Waals surface area contributed by atoms with Gasteiger partial charge >= 0.3 is 11.9 Å². The van der Waals surface area contributed by atoms with Gasteiger partial charge in [0.1, 0.15) is 32.3 Å². The van der Waals surface area contributed by atoms with Crippen molar-refractivity contribution in [2.45, 2.75) is 56.1 Å². The number of rotatable bonds is 16. The molecule has 6 heterocycles. The maximum atomic E-state index is 13.5. The van der Waals surface area contributed by atoms with Crippen LogP contribution in [0.3, 0.4) is 0 Å². The monoisotopic (exact) mass is 912 g/mol. The number of para-hydroxylation sites is 2. The van der Waals surface area contributed by atoms with E-state index in [1.165, 1.54) is 0 Å². The third-order valence-electron chi connectivity index (χ3n) is 14.8. The Morgan fingerprint density at radius 1 is 0.485 bits per heavy atom. The fourth-order valence-electron chi connectivity index (χ4n) is 11.0. The van der Waals surface area contributed by atoms with Gasteiger partial charge in [-0.05, 0) is 41.0 Å². The molecule has 12 rings (SSSR count). The average Bonchev–Trinajstić information content (AvgIpc) is 3.39. The number of ether oxygens (including phenoxy) is 2. The molecule has 0 aliphatic carbocycles. The Labute approximate surface area is 400 Å². The highest BCUT2D eigenvalue weighted by Gasteiger charge is 2.50. The third-order valence-corrected chi connectivity index (χ3v) is 14.8. The minimum Gasteiger partial charge on any atom is -0.454 e. The van der Waals surface area contributed by atoms with Gasteiger partial charge in [-0.2, -0.15) is 0 Å². The second-order valence-corrected chi connectivity index (χ2v) is 19.3. The molecule has 10 nitrogen and oxygen atoms in total. The number of esters is 2. The SMILES string of the molecule is O=C(C[N+]12CCC(CC1)[C@@H](OC(=O)[C@H](Nc1ccccc1)c1ccccc1)C2)c1ccccc1.O=C(O[C@H]1C[N+]2(CC(O)c3ccccc3)CCC1CC2)[C@H](Nc1ccccc1)c1ccccc1. The lowest BCUT2D eigenvalue weighted by atomic mass is 9.82. The fourth-order valence-corrected chi connectivity index (χ4v) is 11.0. The summed E-state index contributed by atoms with van der Waals surface area (Å²) in [5.74, 6) is 0.422. The van der Waals surface area contributed by atoms with Crippen molar-refractivity contribution < 1.29 is 37.9 Å². The van der Waals surface area contributed by atoms with Crippen molar-refractivity contribution in [2.75, 3.05) is 63.0 Å². The van der Waals surface area contributed by atoms with E-state index < -0.39 is 18.2 Å². The Balaban J connectivity index is 0.000000170. The first kappa shape index (κ1) is 46.5. The number of hydrogen-bond donors (Lipinski definition) is 3. The van der Waals surface area contributed by atoms with Gasteiger partial charge in [0.25, 0.3) is 0 Å². The number of carbonyl (C=O) groups is 3. The lowest BCUT2D eigenvalue weighted by Gasteiger charge is -2.52. The molecule has 0 saturated carbocycles. The number of benzene rings is 6. The maximum absolute atomic E-state index is 13.5. The summed E-state index contributed by atoms with van der Waals surface area (Å²) in [5.41, 5.74) is 5.23. The molecule has 0 spiro atoms. The smallest absolute Gasteiger partial charge is 0.333 e. The van der Waals surface area contributed by atoms with Crippen molar-refractivity contribution in [1.82, 2.24) is 0 Å². The molecule has 1 unspecified atom stereocenters. The number of quaternary nitrogens is 2. The predicted octanol–water partition coefficient (Wildman–Crippen LogP) is 9.60. The summed E-state index contributed by atoms with van der Waals surface area (Å²) < 4.78 is 14.0. The zero-order valence-electron chi connectivity index (χ0n) is 38.7. The summed E-state index contributed by atoms with van der Waals surface area (Å²) >= 11 is 0. The van der Waals surface area contributed by atoms with Crippen LogP contribution in [-0.4, -0.2) is 96.4 Å². The van der Waals surface area contributed by atoms with Crippen molar-refractivity contribution in [3.8, 4) is 0 Å². The van der Waals surface area contributed by atoms with Crippen LogP contribution in [0.1, 0.15) is 70.9 Å². The van der Waals surface area contributed by atoms with Gasteiger partial charge in [-0.25, -0.2) is 9.59 Å². The average molecular weight is 913 g/mol. The Kier molecular flexibility index (Phi) is 14.8. The molecular formula is C58H64N4O6+2. The number of ketones is 1. The zero-order chi connectivity index (χ0) is 46.8. The van der Waals surface area contributed by atoms with Gasteiger partial charge in [-0.1, -0.05) is 158 Å². The van der Waals surface area contributed by atoms with Crippen molar-refractivity contribution in [3.63, 3.8) is 0 Å². The summed E-state index contributed by atoms with van der Waals surface area (Å²) in [6.07, 6.45) is 3.24. The van der Waals surface area contributed by atoms with Crippen LogP contribution >= 0.6 is 0 Å². The predicted molar refractivity (Wildman–Crippen MR) is 265 cm³/mol. The van der Waals surface area contributed by atoms with E-state index in [0.717, 1.165) is 96.5 Å². The van der Waals surface area contributed by atoms with Gasteiger partial charge in [-0.3, -0.25) is 4.79 Å². The molecule has 6 fully saturated rings. The van der Waals surface area contributed by atoms with Crippen LogP contribution in [0.2, 0.25) is 0 Å². The number of aliphatic hydroxyl groups is 1. The Morgan fingerprint density at radius 2 is 0.838 bits per heavy atom. The van der Waals surface area contributed by atoms with Gasteiger partial charge in [0.05, 0.1) is 26.2 Å². The van der Waals surface area contributed by atoms with Crippen LogP contribution in [0, 0.1) is 11.8 Å². The van der Waals surface area contributed by atoms with Crippen LogP contribution in [0.25, 0.3) is 0 Å². The standard InChI is InChI=1S/C29H33N2O3.C29H31N2O3/c2*32-26(22-10-4-1-5-11-22)20-31-18-16-23(17-19-31)27(21-31)34-29(33)28(24-12-6-2-7-13-24)30-25-14-8-3-9-15-25/h1-15,23,26-28,30,32H,16-21H2;1-15,23,27-28,30H,16-21H2/q2*+1/t23?,26?,27-,28+,31?;23?,27-,28+,31?/m00/s1. The first-order valence-corrected chi connectivity index (χ1v) is 24.4. The molecule has 10 heteroatoms. The van der Waals surface area contributed by atoms with E-state index in [9.17, 15) is 19.5 Å². The minimum absolute atomic E-state index is 0.123. The first-order chi connectivity index (χ1) is 33.2.